The molecule has 0 spiro atoms. The van der Waals surface area contributed by atoms with Crippen LogP contribution in [-0.4, -0.2) is 5.78 Å². The molecule has 0 heterocycles. The Bertz CT molecular complexity index is 703. The van der Waals surface area contributed by atoms with Gasteiger partial charge in [-0.25, -0.2) is 0 Å². The monoisotopic (exact) mass is 300 g/mol. The standard InChI is InChI=1S/C22H20O/c23-22-20(13-16-7-3-1-4-8-16)18-11-12-19(15-18)21(22)14-17-9-5-2-6-10-17/h1-10,13-14,18-19H,11-12,15H2. The average molecular weight is 300 g/mol. The molecule has 2 aliphatic carbocycles. The van der Waals surface area contributed by atoms with Gasteiger partial charge in [0.1, 0.15) is 0 Å². The maximum absolute atomic E-state index is 13.1. The Labute approximate surface area is 137 Å². The van der Waals surface area contributed by atoms with Crippen LogP contribution in [0.4, 0.5) is 0 Å². The first-order chi connectivity index (χ1) is 11.3. The van der Waals surface area contributed by atoms with Crippen LogP contribution >= 0.6 is 0 Å². The molecule has 2 unspecified atom stereocenters. The molecule has 0 radical (unpaired) electrons. The molecular weight excluding hydrogens is 280 g/mol. The first-order valence-corrected chi connectivity index (χ1v) is 8.39. The smallest absolute Gasteiger partial charge is 0.185 e. The van der Waals surface area contributed by atoms with Gasteiger partial charge in [-0.2, -0.15) is 0 Å². The molecule has 2 saturated carbocycles. The quantitative estimate of drug-likeness (QED) is 0.701. The van der Waals surface area contributed by atoms with E-state index in [9.17, 15) is 4.79 Å². The predicted octanol–water partition coefficient (Wildman–Crippen LogP) is 5.15. The lowest BCUT2D eigenvalue weighted by atomic mass is 9.78. The Balaban J connectivity index is 1.73. The van der Waals surface area contributed by atoms with Crippen molar-refractivity contribution in [2.45, 2.75) is 19.3 Å². The van der Waals surface area contributed by atoms with E-state index in [4.69, 9.17) is 0 Å². The molecule has 2 aliphatic rings. The van der Waals surface area contributed by atoms with E-state index < -0.39 is 0 Å². The number of carbonyl (C=O) groups is 1. The van der Waals surface area contributed by atoms with Crippen LogP contribution in [0.5, 0.6) is 0 Å². The number of fused-ring (bicyclic) bond motifs is 2. The second-order valence-electron chi connectivity index (χ2n) is 6.56. The topological polar surface area (TPSA) is 17.1 Å². The molecule has 0 aromatic heterocycles. The minimum atomic E-state index is 0.261. The van der Waals surface area contributed by atoms with Gasteiger partial charge in [0.05, 0.1) is 0 Å². The van der Waals surface area contributed by atoms with Gasteiger partial charge in [0.15, 0.2) is 5.78 Å². The Morgan fingerprint density at radius 2 is 1.13 bits per heavy atom. The zero-order valence-electron chi connectivity index (χ0n) is 13.1. The lowest BCUT2D eigenvalue weighted by Crippen LogP contribution is -2.22. The zero-order chi connectivity index (χ0) is 15.6. The van der Waals surface area contributed by atoms with Crippen molar-refractivity contribution in [3.63, 3.8) is 0 Å². The number of rotatable bonds is 2. The molecule has 1 nitrogen and oxygen atoms in total. The Hall–Kier alpha value is -2.41. The lowest BCUT2D eigenvalue weighted by molar-refractivity contribution is -0.113. The number of hydrogen-bond donors (Lipinski definition) is 0. The van der Waals surface area contributed by atoms with Crippen LogP contribution in [-0.2, 0) is 4.79 Å². The molecule has 2 aromatic rings. The maximum Gasteiger partial charge on any atom is 0.185 e. The van der Waals surface area contributed by atoms with Crippen molar-refractivity contribution >= 4 is 17.9 Å². The molecule has 2 bridgehead atoms. The molecule has 0 saturated heterocycles. The van der Waals surface area contributed by atoms with E-state index in [0.29, 0.717) is 11.8 Å². The molecule has 0 aliphatic heterocycles. The van der Waals surface area contributed by atoms with Gasteiger partial charge < -0.3 is 0 Å². The summed E-state index contributed by atoms with van der Waals surface area (Å²) in [6.07, 6.45) is 7.62. The number of carbonyl (C=O) groups excluding carboxylic acids is 1. The largest absolute Gasteiger partial charge is 0.289 e. The molecule has 114 valence electrons. The molecule has 2 fully saturated rings. The molecule has 23 heavy (non-hydrogen) atoms. The lowest BCUT2D eigenvalue weighted by Gasteiger charge is -2.24. The number of Topliss-reactive ketones (excluding diaryl/α,β-unsaturated/α-hetero) is 1. The van der Waals surface area contributed by atoms with Gasteiger partial charge in [-0.3, -0.25) is 4.79 Å². The molecule has 1 heteroatoms. The van der Waals surface area contributed by atoms with Crippen molar-refractivity contribution < 1.29 is 4.79 Å². The molecule has 4 rings (SSSR count). The third-order valence-corrected chi connectivity index (χ3v) is 5.08. The van der Waals surface area contributed by atoms with Crippen molar-refractivity contribution in [3.8, 4) is 0 Å². The molecule has 0 N–H and O–H groups in total. The van der Waals surface area contributed by atoms with Crippen molar-refractivity contribution in [2.24, 2.45) is 11.8 Å². The fraction of sp³-hybridized carbons (Fsp3) is 0.227. The SMILES string of the molecule is O=C1C(=Cc2ccccc2)C2CCC(C2)C1=Cc1ccccc1. The van der Waals surface area contributed by atoms with Gasteiger partial charge in [-0.15, -0.1) is 0 Å². The van der Waals surface area contributed by atoms with Crippen LogP contribution in [0.15, 0.2) is 71.8 Å². The van der Waals surface area contributed by atoms with Crippen LogP contribution in [0, 0.1) is 11.8 Å². The summed E-state index contributed by atoms with van der Waals surface area (Å²) in [7, 11) is 0. The van der Waals surface area contributed by atoms with Crippen LogP contribution in [0.3, 0.4) is 0 Å². The van der Waals surface area contributed by atoms with Crippen LogP contribution in [0.1, 0.15) is 30.4 Å². The van der Waals surface area contributed by atoms with E-state index >= 15 is 0 Å². The van der Waals surface area contributed by atoms with E-state index in [0.717, 1.165) is 41.5 Å². The summed E-state index contributed by atoms with van der Waals surface area (Å²) in [5.74, 6) is 1.15. The van der Waals surface area contributed by atoms with Crippen LogP contribution in [0.25, 0.3) is 12.2 Å². The van der Waals surface area contributed by atoms with Crippen molar-refractivity contribution in [3.05, 3.63) is 82.9 Å². The second-order valence-corrected chi connectivity index (χ2v) is 6.56. The highest BCUT2D eigenvalue weighted by atomic mass is 16.1. The third kappa shape index (κ3) is 2.79. The minimum Gasteiger partial charge on any atom is -0.289 e. The highest BCUT2D eigenvalue weighted by Gasteiger charge is 2.40. The van der Waals surface area contributed by atoms with Crippen LogP contribution < -0.4 is 0 Å². The number of hydrogen-bond acceptors (Lipinski definition) is 1. The molecule has 0 amide bonds. The van der Waals surface area contributed by atoms with E-state index in [-0.39, 0.29) is 5.78 Å². The molecule has 2 aromatic carbocycles. The van der Waals surface area contributed by atoms with Gasteiger partial charge in [-0.05, 0) is 54.4 Å². The van der Waals surface area contributed by atoms with Gasteiger partial charge in [0, 0.05) is 11.1 Å². The summed E-state index contributed by atoms with van der Waals surface area (Å²) in [6.45, 7) is 0. The Kier molecular flexibility index (Phi) is 3.70. The van der Waals surface area contributed by atoms with E-state index in [1.54, 1.807) is 0 Å². The van der Waals surface area contributed by atoms with E-state index in [1.165, 1.54) is 0 Å². The predicted molar refractivity (Wildman–Crippen MR) is 94.7 cm³/mol. The van der Waals surface area contributed by atoms with Gasteiger partial charge in [-0.1, -0.05) is 60.7 Å². The fourth-order valence-corrected chi connectivity index (χ4v) is 3.91. The van der Waals surface area contributed by atoms with Crippen molar-refractivity contribution in [1.82, 2.24) is 0 Å². The number of ketones is 1. The Morgan fingerprint density at radius 3 is 1.57 bits per heavy atom. The number of allylic oxidation sites excluding steroid dienone is 2. The van der Waals surface area contributed by atoms with Gasteiger partial charge in [0.2, 0.25) is 0 Å². The number of benzene rings is 2. The summed E-state index contributed by atoms with van der Waals surface area (Å²) in [5.41, 5.74) is 4.26. The minimum absolute atomic E-state index is 0.261. The molecular formula is C22H20O. The molecule has 2 atom stereocenters. The van der Waals surface area contributed by atoms with Crippen molar-refractivity contribution in [2.75, 3.05) is 0 Å². The second kappa shape index (κ2) is 6.00. The summed E-state index contributed by atoms with van der Waals surface area (Å²) in [4.78, 5) is 13.1. The van der Waals surface area contributed by atoms with E-state index in [1.807, 2.05) is 36.4 Å². The zero-order valence-corrected chi connectivity index (χ0v) is 13.1. The first kappa shape index (κ1) is 14.2. The summed E-state index contributed by atoms with van der Waals surface area (Å²) >= 11 is 0. The maximum atomic E-state index is 13.1. The average Bonchev–Trinajstić information content (AvgIpc) is 3.04. The van der Waals surface area contributed by atoms with Gasteiger partial charge >= 0.3 is 0 Å². The highest BCUT2D eigenvalue weighted by Crippen LogP contribution is 2.47. The fourth-order valence-electron chi connectivity index (χ4n) is 3.91. The van der Waals surface area contributed by atoms with Crippen LogP contribution in [0.2, 0.25) is 0 Å². The summed E-state index contributed by atoms with van der Waals surface area (Å²) < 4.78 is 0. The summed E-state index contributed by atoms with van der Waals surface area (Å²) in [5, 5.41) is 0. The van der Waals surface area contributed by atoms with Gasteiger partial charge in [0.25, 0.3) is 0 Å². The van der Waals surface area contributed by atoms with E-state index in [2.05, 4.69) is 36.4 Å². The first-order valence-electron chi connectivity index (χ1n) is 8.39. The third-order valence-electron chi connectivity index (χ3n) is 5.08. The normalized spacial score (nSPS) is 26.9. The highest BCUT2D eigenvalue weighted by molar-refractivity contribution is 6.15. The Morgan fingerprint density at radius 1 is 0.696 bits per heavy atom. The summed E-state index contributed by atoms with van der Waals surface area (Å²) in [6, 6.07) is 20.4. The van der Waals surface area contributed by atoms with Crippen molar-refractivity contribution in [1.29, 1.82) is 0 Å².